The van der Waals surface area contributed by atoms with Crippen LogP contribution in [-0.2, 0) is 6.54 Å². The standard InChI is InChI=1S/C14H18N4/c1-11-8-16-14(17-11)13-5-3-7-18(13)10-12-4-2-6-15-9-12/h2,4,6,8-9,13H,3,5,7,10H2,1H3,(H,16,17)/t13-/m1/s1. The number of nitrogens with zero attached hydrogens (tertiary/aromatic N) is 3. The molecule has 1 fully saturated rings. The summed E-state index contributed by atoms with van der Waals surface area (Å²) in [5, 5.41) is 0. The largest absolute Gasteiger partial charge is 0.345 e. The van der Waals surface area contributed by atoms with Crippen LogP contribution < -0.4 is 0 Å². The van der Waals surface area contributed by atoms with Crippen LogP contribution in [0.25, 0.3) is 0 Å². The first-order chi connectivity index (χ1) is 8.83. The molecule has 1 atom stereocenters. The van der Waals surface area contributed by atoms with E-state index in [0.29, 0.717) is 6.04 Å². The number of pyridine rings is 1. The molecule has 0 amide bonds. The Morgan fingerprint density at radius 3 is 3.11 bits per heavy atom. The van der Waals surface area contributed by atoms with Crippen LogP contribution in [-0.4, -0.2) is 26.4 Å². The van der Waals surface area contributed by atoms with Gasteiger partial charge >= 0.3 is 0 Å². The topological polar surface area (TPSA) is 44.8 Å². The molecule has 4 heteroatoms. The zero-order chi connectivity index (χ0) is 12.4. The van der Waals surface area contributed by atoms with E-state index in [-0.39, 0.29) is 0 Å². The second-order valence-electron chi connectivity index (χ2n) is 4.94. The van der Waals surface area contributed by atoms with Gasteiger partial charge in [-0.15, -0.1) is 0 Å². The van der Waals surface area contributed by atoms with Crippen molar-refractivity contribution in [2.45, 2.75) is 32.4 Å². The Labute approximate surface area is 107 Å². The van der Waals surface area contributed by atoms with Crippen molar-refractivity contribution < 1.29 is 0 Å². The maximum absolute atomic E-state index is 4.48. The van der Waals surface area contributed by atoms with Crippen molar-refractivity contribution in [3.63, 3.8) is 0 Å². The third-order valence-electron chi connectivity index (χ3n) is 3.51. The van der Waals surface area contributed by atoms with Gasteiger partial charge in [-0.3, -0.25) is 9.88 Å². The summed E-state index contributed by atoms with van der Waals surface area (Å²) in [5.41, 5.74) is 2.41. The molecule has 2 aromatic heterocycles. The second-order valence-corrected chi connectivity index (χ2v) is 4.94. The number of likely N-dealkylation sites (tertiary alicyclic amines) is 1. The van der Waals surface area contributed by atoms with Gasteiger partial charge < -0.3 is 4.98 Å². The molecule has 0 aliphatic carbocycles. The lowest BCUT2D eigenvalue weighted by Crippen LogP contribution is -2.23. The van der Waals surface area contributed by atoms with E-state index in [2.05, 4.69) is 32.8 Å². The van der Waals surface area contributed by atoms with Crippen molar-refractivity contribution >= 4 is 0 Å². The Balaban J connectivity index is 1.75. The van der Waals surface area contributed by atoms with E-state index in [1.807, 2.05) is 24.7 Å². The predicted octanol–water partition coefficient (Wildman–Crippen LogP) is 2.45. The van der Waals surface area contributed by atoms with Crippen LogP contribution in [0.5, 0.6) is 0 Å². The highest BCUT2D eigenvalue weighted by atomic mass is 15.2. The monoisotopic (exact) mass is 242 g/mol. The molecule has 4 nitrogen and oxygen atoms in total. The van der Waals surface area contributed by atoms with Crippen molar-refractivity contribution in [2.24, 2.45) is 0 Å². The number of rotatable bonds is 3. The van der Waals surface area contributed by atoms with Crippen LogP contribution in [0.2, 0.25) is 0 Å². The van der Waals surface area contributed by atoms with Gasteiger partial charge in [0.15, 0.2) is 0 Å². The lowest BCUT2D eigenvalue weighted by Gasteiger charge is -2.22. The molecule has 3 rings (SSSR count). The average molecular weight is 242 g/mol. The molecule has 0 radical (unpaired) electrons. The zero-order valence-corrected chi connectivity index (χ0v) is 10.6. The summed E-state index contributed by atoms with van der Waals surface area (Å²) < 4.78 is 0. The molecule has 0 spiro atoms. The molecule has 1 aliphatic heterocycles. The minimum Gasteiger partial charge on any atom is -0.345 e. The van der Waals surface area contributed by atoms with Crippen LogP contribution in [0.1, 0.15) is 36.0 Å². The van der Waals surface area contributed by atoms with Gasteiger partial charge in [-0.1, -0.05) is 6.07 Å². The van der Waals surface area contributed by atoms with E-state index < -0.39 is 0 Å². The van der Waals surface area contributed by atoms with Crippen LogP contribution >= 0.6 is 0 Å². The van der Waals surface area contributed by atoms with Crippen LogP contribution in [0.15, 0.2) is 30.7 Å². The first-order valence-corrected chi connectivity index (χ1v) is 6.47. The lowest BCUT2D eigenvalue weighted by atomic mass is 10.2. The summed E-state index contributed by atoms with van der Waals surface area (Å²) in [6.45, 7) is 4.15. The lowest BCUT2D eigenvalue weighted by molar-refractivity contribution is 0.240. The van der Waals surface area contributed by atoms with Crippen LogP contribution in [0.4, 0.5) is 0 Å². The molecule has 1 N–H and O–H groups in total. The van der Waals surface area contributed by atoms with Crippen LogP contribution in [0.3, 0.4) is 0 Å². The highest BCUT2D eigenvalue weighted by Crippen LogP contribution is 2.31. The SMILES string of the molecule is Cc1cnc([C@H]2CCCN2Cc2cccnc2)[nH]1. The van der Waals surface area contributed by atoms with Gasteiger partial charge in [-0.25, -0.2) is 4.98 Å². The van der Waals surface area contributed by atoms with E-state index in [9.17, 15) is 0 Å². The van der Waals surface area contributed by atoms with Crippen molar-refractivity contribution in [3.05, 3.63) is 47.8 Å². The van der Waals surface area contributed by atoms with Gasteiger partial charge in [0, 0.05) is 30.8 Å². The van der Waals surface area contributed by atoms with Gasteiger partial charge in [-0.2, -0.15) is 0 Å². The quantitative estimate of drug-likeness (QED) is 0.899. The second kappa shape index (κ2) is 4.90. The summed E-state index contributed by atoms with van der Waals surface area (Å²) in [6, 6.07) is 4.56. The molecule has 1 saturated heterocycles. The number of hydrogen-bond donors (Lipinski definition) is 1. The molecule has 0 unspecified atom stereocenters. The number of aryl methyl sites for hydroxylation is 1. The fourth-order valence-corrected chi connectivity index (χ4v) is 2.65. The van der Waals surface area contributed by atoms with E-state index in [1.165, 1.54) is 18.4 Å². The minimum absolute atomic E-state index is 0.430. The highest BCUT2D eigenvalue weighted by Gasteiger charge is 2.27. The molecule has 18 heavy (non-hydrogen) atoms. The molecule has 0 aromatic carbocycles. The molecule has 2 aromatic rings. The highest BCUT2D eigenvalue weighted by molar-refractivity contribution is 5.11. The normalized spacial score (nSPS) is 20.4. The third-order valence-corrected chi connectivity index (χ3v) is 3.51. The summed E-state index contributed by atoms with van der Waals surface area (Å²) in [5.74, 6) is 1.11. The average Bonchev–Trinajstić information content (AvgIpc) is 2.99. The number of hydrogen-bond acceptors (Lipinski definition) is 3. The minimum atomic E-state index is 0.430. The van der Waals surface area contributed by atoms with Crippen molar-refractivity contribution in [2.75, 3.05) is 6.54 Å². The predicted molar refractivity (Wildman–Crippen MR) is 69.9 cm³/mol. The van der Waals surface area contributed by atoms with Crippen molar-refractivity contribution in [3.8, 4) is 0 Å². The molecule has 3 heterocycles. The first-order valence-electron chi connectivity index (χ1n) is 6.47. The number of H-pyrrole nitrogens is 1. The third kappa shape index (κ3) is 2.29. The molecule has 94 valence electrons. The Kier molecular flexibility index (Phi) is 3.11. The van der Waals surface area contributed by atoms with Gasteiger partial charge in [0.1, 0.15) is 5.82 Å². The van der Waals surface area contributed by atoms with E-state index in [4.69, 9.17) is 0 Å². The van der Waals surface area contributed by atoms with E-state index >= 15 is 0 Å². The number of nitrogens with one attached hydrogen (secondary N) is 1. The van der Waals surface area contributed by atoms with Crippen LogP contribution in [0, 0.1) is 6.92 Å². The Hall–Kier alpha value is -1.68. The van der Waals surface area contributed by atoms with Crippen molar-refractivity contribution in [1.82, 2.24) is 19.9 Å². The van der Waals surface area contributed by atoms with Crippen molar-refractivity contribution in [1.29, 1.82) is 0 Å². The summed E-state index contributed by atoms with van der Waals surface area (Å²) in [7, 11) is 0. The first kappa shape index (κ1) is 11.4. The Morgan fingerprint density at radius 2 is 2.39 bits per heavy atom. The Bertz CT molecular complexity index is 506. The molecular weight excluding hydrogens is 224 g/mol. The fourth-order valence-electron chi connectivity index (χ4n) is 2.65. The maximum atomic E-state index is 4.48. The zero-order valence-electron chi connectivity index (χ0n) is 10.6. The van der Waals surface area contributed by atoms with E-state index in [0.717, 1.165) is 24.6 Å². The summed E-state index contributed by atoms with van der Waals surface area (Å²) in [6.07, 6.45) is 8.11. The number of aromatic amines is 1. The maximum Gasteiger partial charge on any atom is 0.123 e. The van der Waals surface area contributed by atoms with Gasteiger partial charge in [0.05, 0.1) is 6.04 Å². The number of aromatic nitrogens is 3. The molecular formula is C14H18N4. The summed E-state index contributed by atoms with van der Waals surface area (Å²) in [4.78, 5) is 14.5. The molecule has 0 saturated carbocycles. The molecule has 1 aliphatic rings. The molecule has 0 bridgehead atoms. The van der Waals surface area contributed by atoms with E-state index in [1.54, 1.807) is 0 Å². The summed E-state index contributed by atoms with van der Waals surface area (Å²) >= 11 is 0. The number of imidazole rings is 1. The van der Waals surface area contributed by atoms with Gasteiger partial charge in [0.25, 0.3) is 0 Å². The fraction of sp³-hybridized carbons (Fsp3) is 0.429. The smallest absolute Gasteiger partial charge is 0.123 e. The Morgan fingerprint density at radius 1 is 1.44 bits per heavy atom. The van der Waals surface area contributed by atoms with Gasteiger partial charge in [0.2, 0.25) is 0 Å². The van der Waals surface area contributed by atoms with Gasteiger partial charge in [-0.05, 0) is 37.9 Å².